The number of benzene rings is 2. The van der Waals surface area contributed by atoms with Crippen LogP contribution in [0.4, 0.5) is 5.69 Å². The van der Waals surface area contributed by atoms with E-state index in [1.165, 1.54) is 12.2 Å². The fraction of sp³-hybridized carbons (Fsp3) is 0.261. The second-order valence-electron chi connectivity index (χ2n) is 8.13. The normalized spacial score (nSPS) is 12.6. The second-order valence-corrected chi connectivity index (χ2v) is 13.2. The van der Waals surface area contributed by atoms with E-state index in [9.17, 15) is 14.7 Å². The van der Waals surface area contributed by atoms with Gasteiger partial charge in [0, 0.05) is 25.0 Å². The number of rotatable bonds is 8. The summed E-state index contributed by atoms with van der Waals surface area (Å²) in [7, 11) is 1.51. The molecule has 0 aromatic heterocycles. The molecule has 0 spiro atoms. The van der Waals surface area contributed by atoms with Gasteiger partial charge < -0.3 is 25.5 Å². The van der Waals surface area contributed by atoms with Crippen molar-refractivity contribution >= 4 is 37.0 Å². The first-order chi connectivity index (χ1) is 14.6. The molecule has 2 rings (SSSR count). The van der Waals surface area contributed by atoms with E-state index in [1.807, 2.05) is 24.3 Å². The summed E-state index contributed by atoms with van der Waals surface area (Å²) in [6.45, 7) is 6.74. The molecule has 1 unspecified atom stereocenters. The molecule has 2 aromatic carbocycles. The van der Waals surface area contributed by atoms with Gasteiger partial charge in [0.15, 0.2) is 5.76 Å². The van der Waals surface area contributed by atoms with Crippen molar-refractivity contribution in [2.24, 2.45) is 0 Å². The minimum absolute atomic E-state index is 0.426. The van der Waals surface area contributed by atoms with E-state index < -0.39 is 31.7 Å². The number of likely N-dealkylation sites (N-methyl/N-ethyl adjacent to an activating group) is 1. The molecule has 0 saturated carbocycles. The maximum atomic E-state index is 13.2. The number of nitrogens with one attached hydrogen (secondary N) is 2. The van der Waals surface area contributed by atoms with E-state index in [2.05, 4.69) is 25.0 Å². The Balaban J connectivity index is 2.36. The standard InChI is InChI=1S/C23H29N3O4Si/c1-26(23(29)20(27)14-15-24)21(16-6-10-18(30-2)11-7-16)22(28)25-17-8-12-19(13-9-17)31(3,4)5/h6-15,21,24,27H,1-5H3,(H,25,28)/b20-14-,24-15?. The van der Waals surface area contributed by atoms with Gasteiger partial charge in [-0.1, -0.05) is 49.1 Å². The zero-order valence-corrected chi connectivity index (χ0v) is 19.5. The molecular weight excluding hydrogens is 410 g/mol. The van der Waals surface area contributed by atoms with Crippen molar-refractivity contribution < 1.29 is 19.4 Å². The maximum Gasteiger partial charge on any atom is 0.289 e. The first-order valence-corrected chi connectivity index (χ1v) is 13.3. The summed E-state index contributed by atoms with van der Waals surface area (Å²) in [5.41, 5.74) is 1.17. The number of hydrogen-bond acceptors (Lipinski definition) is 5. The fourth-order valence-electron chi connectivity index (χ4n) is 3.05. The summed E-state index contributed by atoms with van der Waals surface area (Å²) in [6.07, 6.45) is 1.78. The molecule has 31 heavy (non-hydrogen) atoms. The number of carbonyl (C=O) groups excluding carboxylic acids is 2. The Hall–Kier alpha value is -3.39. The molecule has 0 aliphatic rings. The van der Waals surface area contributed by atoms with Gasteiger partial charge in [-0.25, -0.2) is 0 Å². The fourth-order valence-corrected chi connectivity index (χ4v) is 4.22. The molecule has 0 fully saturated rings. The van der Waals surface area contributed by atoms with Crippen molar-refractivity contribution in [3.05, 3.63) is 65.9 Å². The molecule has 0 aliphatic heterocycles. The van der Waals surface area contributed by atoms with Crippen LogP contribution in [0.5, 0.6) is 5.75 Å². The monoisotopic (exact) mass is 439 g/mol. The molecule has 2 aromatic rings. The summed E-state index contributed by atoms with van der Waals surface area (Å²) in [5.74, 6) is -1.20. The van der Waals surface area contributed by atoms with Crippen LogP contribution in [0.15, 0.2) is 60.4 Å². The Bertz CT molecular complexity index is 964. The lowest BCUT2D eigenvalue weighted by Gasteiger charge is -2.27. The number of amides is 2. The molecule has 7 nitrogen and oxygen atoms in total. The number of allylic oxidation sites excluding steroid dienone is 1. The van der Waals surface area contributed by atoms with E-state index in [0.29, 0.717) is 17.0 Å². The third-order valence-corrected chi connectivity index (χ3v) is 6.93. The van der Waals surface area contributed by atoms with Crippen LogP contribution >= 0.6 is 0 Å². The van der Waals surface area contributed by atoms with E-state index >= 15 is 0 Å². The summed E-state index contributed by atoms with van der Waals surface area (Å²) in [5, 5.41) is 21.1. The van der Waals surface area contributed by atoms with Crippen molar-refractivity contribution in [2.45, 2.75) is 25.7 Å². The van der Waals surface area contributed by atoms with E-state index in [0.717, 1.165) is 17.2 Å². The Morgan fingerprint density at radius 1 is 1.10 bits per heavy atom. The molecular formula is C23H29N3O4Si. The van der Waals surface area contributed by atoms with Crippen LogP contribution in [0.25, 0.3) is 0 Å². The quantitative estimate of drug-likeness (QED) is 0.254. The SMILES string of the molecule is COc1ccc(C(C(=O)Nc2ccc([Si](C)(C)C)cc2)N(C)C(=O)/C(O)=C/C=N)cc1. The van der Waals surface area contributed by atoms with E-state index in [-0.39, 0.29) is 0 Å². The number of aliphatic hydroxyl groups is 1. The number of methoxy groups -OCH3 is 1. The van der Waals surface area contributed by atoms with Gasteiger partial charge in [0.2, 0.25) is 0 Å². The van der Waals surface area contributed by atoms with Crippen LogP contribution in [0, 0.1) is 5.41 Å². The van der Waals surface area contributed by atoms with Crippen molar-refractivity contribution in [1.82, 2.24) is 4.90 Å². The number of ether oxygens (including phenoxy) is 1. The molecule has 0 bridgehead atoms. The smallest absolute Gasteiger partial charge is 0.289 e. The summed E-state index contributed by atoms with van der Waals surface area (Å²) in [6, 6.07) is 13.5. The number of nitrogens with zero attached hydrogens (tertiary/aromatic N) is 1. The zero-order valence-electron chi connectivity index (χ0n) is 18.5. The first-order valence-electron chi connectivity index (χ1n) is 9.80. The number of aliphatic hydroxyl groups excluding tert-OH is 1. The minimum Gasteiger partial charge on any atom is -0.503 e. The number of anilines is 1. The third-order valence-electron chi connectivity index (χ3n) is 4.87. The molecule has 2 amide bonds. The predicted molar refractivity (Wildman–Crippen MR) is 126 cm³/mol. The minimum atomic E-state index is -1.46. The highest BCUT2D eigenvalue weighted by Crippen LogP contribution is 2.25. The molecule has 0 radical (unpaired) electrons. The van der Waals surface area contributed by atoms with Crippen molar-refractivity contribution in [2.75, 3.05) is 19.5 Å². The second kappa shape index (κ2) is 10.1. The lowest BCUT2D eigenvalue weighted by molar-refractivity contribution is -0.136. The summed E-state index contributed by atoms with van der Waals surface area (Å²) >= 11 is 0. The molecule has 1 atom stereocenters. The summed E-state index contributed by atoms with van der Waals surface area (Å²) < 4.78 is 5.17. The van der Waals surface area contributed by atoms with Gasteiger partial charge in [0.05, 0.1) is 15.2 Å². The summed E-state index contributed by atoms with van der Waals surface area (Å²) in [4.78, 5) is 26.9. The van der Waals surface area contributed by atoms with Crippen molar-refractivity contribution in [3.8, 4) is 5.75 Å². The van der Waals surface area contributed by atoms with Crippen LogP contribution < -0.4 is 15.2 Å². The first kappa shape index (κ1) is 23.9. The van der Waals surface area contributed by atoms with Gasteiger partial charge in [-0.3, -0.25) is 9.59 Å². The highest BCUT2D eigenvalue weighted by molar-refractivity contribution is 6.88. The number of carbonyl (C=O) groups is 2. The zero-order chi connectivity index (χ0) is 23.2. The highest BCUT2D eigenvalue weighted by atomic mass is 28.3. The van der Waals surface area contributed by atoms with E-state index in [1.54, 1.807) is 31.4 Å². The topological polar surface area (TPSA) is 103 Å². The lowest BCUT2D eigenvalue weighted by atomic mass is 10.0. The molecule has 164 valence electrons. The maximum absolute atomic E-state index is 13.2. The van der Waals surface area contributed by atoms with Crippen LogP contribution in [0.3, 0.4) is 0 Å². The Labute approximate surface area is 183 Å². The van der Waals surface area contributed by atoms with Crippen LogP contribution in [-0.2, 0) is 9.59 Å². The van der Waals surface area contributed by atoms with Crippen molar-refractivity contribution in [1.29, 1.82) is 5.41 Å². The van der Waals surface area contributed by atoms with Gasteiger partial charge in [-0.2, -0.15) is 0 Å². The third kappa shape index (κ3) is 6.05. The van der Waals surface area contributed by atoms with Gasteiger partial charge in [0.1, 0.15) is 11.8 Å². The van der Waals surface area contributed by atoms with Gasteiger partial charge in [0.25, 0.3) is 11.8 Å². The lowest BCUT2D eigenvalue weighted by Crippen LogP contribution is -2.39. The van der Waals surface area contributed by atoms with Gasteiger partial charge >= 0.3 is 0 Å². The molecule has 3 N–H and O–H groups in total. The Kier molecular flexibility index (Phi) is 7.76. The van der Waals surface area contributed by atoms with E-state index in [4.69, 9.17) is 10.1 Å². The average Bonchev–Trinajstić information content (AvgIpc) is 2.73. The van der Waals surface area contributed by atoms with Crippen LogP contribution in [0.1, 0.15) is 11.6 Å². The Morgan fingerprint density at radius 3 is 2.16 bits per heavy atom. The molecule has 0 aliphatic carbocycles. The Morgan fingerprint density at radius 2 is 1.68 bits per heavy atom. The van der Waals surface area contributed by atoms with Crippen LogP contribution in [-0.4, -0.2) is 50.3 Å². The largest absolute Gasteiger partial charge is 0.503 e. The molecule has 0 heterocycles. The van der Waals surface area contributed by atoms with Crippen molar-refractivity contribution in [3.63, 3.8) is 0 Å². The van der Waals surface area contributed by atoms with Crippen LogP contribution in [0.2, 0.25) is 19.6 Å². The number of hydrogen-bond donors (Lipinski definition) is 3. The molecule has 8 heteroatoms. The average molecular weight is 440 g/mol. The predicted octanol–water partition coefficient (Wildman–Crippen LogP) is 3.47. The highest BCUT2D eigenvalue weighted by Gasteiger charge is 2.30. The van der Waals surface area contributed by atoms with Gasteiger partial charge in [-0.05, 0) is 29.8 Å². The molecule has 0 saturated heterocycles. The van der Waals surface area contributed by atoms with Gasteiger partial charge in [-0.15, -0.1) is 0 Å².